The second-order valence-corrected chi connectivity index (χ2v) is 9.22. The lowest BCUT2D eigenvalue weighted by Crippen LogP contribution is -2.29. The molecule has 0 fully saturated rings. The largest absolute Gasteiger partial charge is 0.493 e. The number of benzene rings is 3. The fourth-order valence-electron chi connectivity index (χ4n) is 4.68. The molecule has 0 radical (unpaired) electrons. The van der Waals surface area contributed by atoms with Gasteiger partial charge in [-0.05, 0) is 43.2 Å². The number of nitrogens with zero attached hydrogens (tertiary/aromatic N) is 1. The fourth-order valence-corrected chi connectivity index (χ4v) is 4.68. The zero-order chi connectivity index (χ0) is 29.2. The van der Waals surface area contributed by atoms with Gasteiger partial charge in [0.05, 0.1) is 44.5 Å². The molecular formula is C33H35NO7. The highest BCUT2D eigenvalue weighted by Gasteiger charge is 2.37. The maximum atomic E-state index is 13.4. The summed E-state index contributed by atoms with van der Waals surface area (Å²) in [7, 11) is 3.15. The first kappa shape index (κ1) is 29.3. The van der Waals surface area contributed by atoms with Gasteiger partial charge >= 0.3 is 11.9 Å². The van der Waals surface area contributed by atoms with E-state index in [1.807, 2.05) is 72.8 Å². The molecule has 3 aromatic rings. The molecule has 0 spiro atoms. The Bertz CT molecular complexity index is 1380. The molecule has 0 saturated carbocycles. The summed E-state index contributed by atoms with van der Waals surface area (Å²) in [6.45, 7) is 4.54. The van der Waals surface area contributed by atoms with Crippen LogP contribution in [0.2, 0.25) is 0 Å². The van der Waals surface area contributed by atoms with Crippen LogP contribution in [0.1, 0.15) is 36.5 Å². The normalized spacial score (nSPS) is 13.1. The van der Waals surface area contributed by atoms with Crippen molar-refractivity contribution in [1.82, 2.24) is 4.90 Å². The van der Waals surface area contributed by atoms with E-state index < -0.39 is 17.9 Å². The molecule has 4 rings (SSSR count). The second kappa shape index (κ2) is 14.1. The van der Waals surface area contributed by atoms with Gasteiger partial charge in [-0.15, -0.1) is 0 Å². The first-order valence-electron chi connectivity index (χ1n) is 13.5. The summed E-state index contributed by atoms with van der Waals surface area (Å²) >= 11 is 0. The first-order valence-corrected chi connectivity index (χ1v) is 13.5. The molecule has 8 nitrogen and oxygen atoms in total. The van der Waals surface area contributed by atoms with Gasteiger partial charge in [0.1, 0.15) is 12.4 Å². The average Bonchev–Trinajstić information content (AvgIpc) is 3.00. The van der Waals surface area contributed by atoms with Gasteiger partial charge in [0.2, 0.25) is 0 Å². The van der Waals surface area contributed by atoms with Crippen molar-refractivity contribution in [3.63, 3.8) is 0 Å². The number of ether oxygens (including phenoxy) is 5. The number of rotatable bonds is 12. The van der Waals surface area contributed by atoms with Crippen molar-refractivity contribution in [1.29, 1.82) is 0 Å². The van der Waals surface area contributed by atoms with Gasteiger partial charge in [-0.1, -0.05) is 54.6 Å². The van der Waals surface area contributed by atoms with E-state index in [1.54, 1.807) is 45.4 Å². The van der Waals surface area contributed by atoms with Crippen LogP contribution in [-0.4, -0.2) is 44.3 Å². The van der Waals surface area contributed by atoms with E-state index in [-0.39, 0.29) is 13.2 Å². The van der Waals surface area contributed by atoms with Crippen LogP contribution in [0.15, 0.2) is 96.3 Å². The van der Waals surface area contributed by atoms with Crippen LogP contribution in [0.5, 0.6) is 17.2 Å². The number of carbonyl (C=O) groups excluding carboxylic acids is 2. The molecule has 0 N–H and O–H groups in total. The van der Waals surface area contributed by atoms with Crippen LogP contribution in [0.25, 0.3) is 0 Å². The molecule has 214 valence electrons. The Morgan fingerprint density at radius 3 is 1.93 bits per heavy atom. The SMILES string of the molecule is CCOC(=O)C1=CN(Cc2ccc(OC)c(OC)c2)C=C(C(=O)OCC)C1c1ccccc1OCc1ccccc1. The summed E-state index contributed by atoms with van der Waals surface area (Å²) in [5.41, 5.74) is 3.14. The maximum absolute atomic E-state index is 13.4. The van der Waals surface area contributed by atoms with Gasteiger partial charge in [0, 0.05) is 24.5 Å². The van der Waals surface area contributed by atoms with Gasteiger partial charge in [-0.25, -0.2) is 9.59 Å². The van der Waals surface area contributed by atoms with Crippen molar-refractivity contribution in [2.24, 2.45) is 0 Å². The van der Waals surface area contributed by atoms with Crippen LogP contribution in [0.4, 0.5) is 0 Å². The monoisotopic (exact) mass is 557 g/mol. The van der Waals surface area contributed by atoms with Crippen molar-refractivity contribution >= 4 is 11.9 Å². The molecule has 0 unspecified atom stereocenters. The van der Waals surface area contributed by atoms with Crippen molar-refractivity contribution in [3.05, 3.63) is 113 Å². The molecule has 0 aliphatic carbocycles. The zero-order valence-electron chi connectivity index (χ0n) is 23.8. The van der Waals surface area contributed by atoms with E-state index >= 15 is 0 Å². The van der Waals surface area contributed by atoms with Crippen LogP contribution >= 0.6 is 0 Å². The minimum absolute atomic E-state index is 0.184. The van der Waals surface area contributed by atoms with Crippen molar-refractivity contribution < 1.29 is 33.3 Å². The maximum Gasteiger partial charge on any atom is 0.336 e. The summed E-state index contributed by atoms with van der Waals surface area (Å²) in [4.78, 5) is 28.6. The highest BCUT2D eigenvalue weighted by atomic mass is 16.5. The Labute approximate surface area is 240 Å². The minimum atomic E-state index is -0.762. The lowest BCUT2D eigenvalue weighted by atomic mass is 9.82. The molecular weight excluding hydrogens is 522 g/mol. The summed E-state index contributed by atoms with van der Waals surface area (Å²) in [5.74, 6) is -0.0758. The Kier molecular flexibility index (Phi) is 10.0. The van der Waals surface area contributed by atoms with Gasteiger partial charge in [0.25, 0.3) is 0 Å². The van der Waals surface area contributed by atoms with Gasteiger partial charge in [0.15, 0.2) is 11.5 Å². The molecule has 1 aliphatic heterocycles. The van der Waals surface area contributed by atoms with E-state index in [1.165, 1.54) is 0 Å². The number of methoxy groups -OCH3 is 2. The highest BCUT2D eigenvalue weighted by molar-refractivity contribution is 5.99. The molecule has 1 heterocycles. The summed E-state index contributed by atoms with van der Waals surface area (Å²) in [6.07, 6.45) is 3.44. The summed E-state index contributed by atoms with van der Waals surface area (Å²) in [6, 6.07) is 22.8. The Hall–Kier alpha value is -4.72. The number of hydrogen-bond donors (Lipinski definition) is 0. The number of esters is 2. The minimum Gasteiger partial charge on any atom is -0.493 e. The standard InChI is InChI=1S/C33H35NO7/c1-5-39-32(35)26-20-34(19-24-16-17-29(37-3)30(18-24)38-4)21-27(33(36)40-6-2)31(26)25-14-10-11-15-28(25)41-22-23-12-8-7-9-13-23/h7-18,20-21,31H,5-6,19,22H2,1-4H3. The summed E-state index contributed by atoms with van der Waals surface area (Å²) < 4.78 is 28.0. The molecule has 0 saturated heterocycles. The van der Waals surface area contributed by atoms with E-state index in [4.69, 9.17) is 23.7 Å². The number of carbonyl (C=O) groups is 2. The smallest absolute Gasteiger partial charge is 0.336 e. The zero-order valence-corrected chi connectivity index (χ0v) is 23.8. The molecule has 0 bridgehead atoms. The summed E-state index contributed by atoms with van der Waals surface area (Å²) in [5, 5.41) is 0. The Balaban J connectivity index is 1.76. The molecule has 0 amide bonds. The van der Waals surface area contributed by atoms with Crippen molar-refractivity contribution in [2.45, 2.75) is 32.9 Å². The lowest BCUT2D eigenvalue weighted by molar-refractivity contribution is -0.139. The molecule has 0 aromatic heterocycles. The molecule has 41 heavy (non-hydrogen) atoms. The van der Waals surface area contributed by atoms with Crippen LogP contribution in [-0.2, 0) is 32.2 Å². The topological polar surface area (TPSA) is 83.5 Å². The molecule has 3 aromatic carbocycles. The van der Waals surface area contributed by atoms with Crippen LogP contribution in [0, 0.1) is 0 Å². The van der Waals surface area contributed by atoms with Crippen molar-refractivity contribution in [2.75, 3.05) is 27.4 Å². The van der Waals surface area contributed by atoms with Crippen molar-refractivity contribution in [3.8, 4) is 17.2 Å². The third-order valence-corrected chi connectivity index (χ3v) is 6.53. The fraction of sp³-hybridized carbons (Fsp3) is 0.273. The molecule has 8 heteroatoms. The third-order valence-electron chi connectivity index (χ3n) is 6.53. The van der Waals surface area contributed by atoms with E-state index in [0.717, 1.165) is 11.1 Å². The van der Waals surface area contributed by atoms with Gasteiger partial charge < -0.3 is 28.6 Å². The third kappa shape index (κ3) is 7.08. The Morgan fingerprint density at radius 1 is 0.707 bits per heavy atom. The number of para-hydroxylation sites is 1. The van der Waals surface area contributed by atoms with Gasteiger partial charge in [-0.3, -0.25) is 0 Å². The predicted octanol–water partition coefficient (Wildman–Crippen LogP) is 5.78. The molecule has 0 atom stereocenters. The highest BCUT2D eigenvalue weighted by Crippen LogP contribution is 2.42. The van der Waals surface area contributed by atoms with E-state index in [9.17, 15) is 9.59 Å². The quantitative estimate of drug-likeness (QED) is 0.259. The Morgan fingerprint density at radius 2 is 1.32 bits per heavy atom. The second-order valence-electron chi connectivity index (χ2n) is 9.22. The lowest BCUT2D eigenvalue weighted by Gasteiger charge is -2.31. The van der Waals surface area contributed by atoms with Crippen LogP contribution < -0.4 is 14.2 Å². The molecule has 1 aliphatic rings. The van der Waals surface area contributed by atoms with E-state index in [2.05, 4.69) is 0 Å². The van der Waals surface area contributed by atoms with Crippen LogP contribution in [0.3, 0.4) is 0 Å². The van der Waals surface area contributed by atoms with Gasteiger partial charge in [-0.2, -0.15) is 0 Å². The first-order chi connectivity index (χ1) is 20.0. The predicted molar refractivity (Wildman–Crippen MR) is 154 cm³/mol. The number of hydrogen-bond acceptors (Lipinski definition) is 8. The average molecular weight is 558 g/mol. The van der Waals surface area contributed by atoms with E-state index in [0.29, 0.717) is 47.1 Å².